The van der Waals surface area contributed by atoms with Gasteiger partial charge in [0.25, 0.3) is 0 Å². The monoisotopic (exact) mass is 206 g/mol. The van der Waals surface area contributed by atoms with Crippen molar-refractivity contribution < 1.29 is 9.84 Å². The van der Waals surface area contributed by atoms with Crippen molar-refractivity contribution in [2.75, 3.05) is 20.2 Å². The first-order valence-corrected chi connectivity index (χ1v) is 4.91. The van der Waals surface area contributed by atoms with Crippen molar-refractivity contribution in [3.8, 4) is 5.88 Å². The molecule has 0 saturated heterocycles. The summed E-state index contributed by atoms with van der Waals surface area (Å²) >= 11 is 0. The number of hydrogen-bond acceptors (Lipinski definition) is 4. The average Bonchev–Trinajstić information content (AvgIpc) is 2.30. The minimum absolute atomic E-state index is 0.488. The fraction of sp³-hybridized carbons (Fsp3) is 0.364. The molecule has 1 atom stereocenters. The van der Waals surface area contributed by atoms with Gasteiger partial charge in [0.1, 0.15) is 0 Å². The van der Waals surface area contributed by atoms with E-state index < -0.39 is 6.10 Å². The van der Waals surface area contributed by atoms with Gasteiger partial charge < -0.3 is 15.2 Å². The van der Waals surface area contributed by atoms with Crippen LogP contribution in [0, 0.1) is 0 Å². The second-order valence-electron chi connectivity index (χ2n) is 3.40. The van der Waals surface area contributed by atoms with Crippen LogP contribution in [0.5, 0.6) is 5.88 Å². The molecule has 1 aromatic rings. The van der Waals surface area contributed by atoms with Gasteiger partial charge >= 0.3 is 0 Å². The quantitative estimate of drug-likeness (QED) is 0.737. The number of aliphatic hydroxyl groups is 1. The highest BCUT2D eigenvalue weighted by Crippen LogP contribution is 2.20. The zero-order valence-corrected chi connectivity index (χ0v) is 8.60. The number of ether oxygens (including phenoxy) is 1. The molecule has 80 valence electrons. The maximum Gasteiger partial charge on any atom is 0.213 e. The fourth-order valence-corrected chi connectivity index (χ4v) is 1.61. The molecule has 0 bridgehead atoms. The number of rotatable bonds is 2. The number of aliphatic hydroxyl groups excluding tert-OH is 1. The van der Waals surface area contributed by atoms with Gasteiger partial charge in [-0.3, -0.25) is 0 Å². The van der Waals surface area contributed by atoms with Crippen LogP contribution in [0.15, 0.2) is 24.3 Å². The lowest BCUT2D eigenvalue weighted by Crippen LogP contribution is -2.32. The second kappa shape index (κ2) is 4.42. The Labute approximate surface area is 88.6 Å². The number of pyridine rings is 1. The topological polar surface area (TPSA) is 54.4 Å². The van der Waals surface area contributed by atoms with Gasteiger partial charge in [-0.05, 0) is 6.07 Å². The maximum absolute atomic E-state index is 9.77. The molecule has 0 aromatic carbocycles. The third kappa shape index (κ3) is 2.16. The molecule has 1 aromatic heterocycles. The van der Waals surface area contributed by atoms with Crippen molar-refractivity contribution in [2.24, 2.45) is 0 Å². The first-order valence-electron chi connectivity index (χ1n) is 4.91. The molecule has 0 spiro atoms. The van der Waals surface area contributed by atoms with E-state index in [1.54, 1.807) is 13.2 Å². The van der Waals surface area contributed by atoms with Gasteiger partial charge in [0.2, 0.25) is 5.88 Å². The minimum atomic E-state index is -0.488. The molecule has 4 nitrogen and oxygen atoms in total. The first kappa shape index (κ1) is 10.1. The van der Waals surface area contributed by atoms with Crippen molar-refractivity contribution in [2.45, 2.75) is 6.10 Å². The Morgan fingerprint density at radius 1 is 1.53 bits per heavy atom. The molecule has 1 aliphatic heterocycles. The molecule has 2 rings (SSSR count). The molecule has 0 aliphatic carbocycles. The third-order valence-electron chi connectivity index (χ3n) is 2.39. The van der Waals surface area contributed by atoms with E-state index in [4.69, 9.17) is 4.74 Å². The summed E-state index contributed by atoms with van der Waals surface area (Å²) in [7, 11) is 1.58. The Hall–Kier alpha value is -1.39. The number of methoxy groups -OCH3 is 1. The number of hydrogen-bond donors (Lipinski definition) is 2. The van der Waals surface area contributed by atoms with E-state index in [1.165, 1.54) is 0 Å². The zero-order chi connectivity index (χ0) is 10.7. The zero-order valence-electron chi connectivity index (χ0n) is 8.60. The molecule has 0 radical (unpaired) electrons. The van der Waals surface area contributed by atoms with Crippen LogP contribution in [0.3, 0.4) is 0 Å². The summed E-state index contributed by atoms with van der Waals surface area (Å²) in [5, 5.41) is 12.9. The number of aromatic nitrogens is 1. The van der Waals surface area contributed by atoms with Crippen LogP contribution in [0.25, 0.3) is 5.57 Å². The summed E-state index contributed by atoms with van der Waals surface area (Å²) < 4.78 is 5.05. The molecule has 4 heteroatoms. The normalized spacial score (nSPS) is 20.9. The summed E-state index contributed by atoms with van der Waals surface area (Å²) in [6.07, 6.45) is 1.47. The predicted octanol–water partition coefficient (Wildman–Crippen LogP) is 0.438. The molecule has 2 heterocycles. The highest BCUT2D eigenvalue weighted by atomic mass is 16.5. The van der Waals surface area contributed by atoms with Gasteiger partial charge in [-0.1, -0.05) is 12.1 Å². The van der Waals surface area contributed by atoms with Crippen molar-refractivity contribution >= 4 is 5.57 Å². The van der Waals surface area contributed by atoms with Gasteiger partial charge in [-0.2, -0.15) is 0 Å². The van der Waals surface area contributed by atoms with Crippen LogP contribution in [-0.4, -0.2) is 36.4 Å². The molecule has 2 N–H and O–H groups in total. The lowest BCUT2D eigenvalue weighted by atomic mass is 10.0. The van der Waals surface area contributed by atoms with E-state index in [2.05, 4.69) is 10.3 Å². The van der Waals surface area contributed by atoms with Crippen molar-refractivity contribution in [3.05, 3.63) is 30.0 Å². The summed E-state index contributed by atoms with van der Waals surface area (Å²) in [4.78, 5) is 4.29. The van der Waals surface area contributed by atoms with Crippen LogP contribution in [-0.2, 0) is 0 Å². The molecule has 0 saturated carbocycles. The maximum atomic E-state index is 9.77. The van der Waals surface area contributed by atoms with Crippen molar-refractivity contribution in [3.63, 3.8) is 0 Å². The molecule has 1 unspecified atom stereocenters. The Kier molecular flexibility index (Phi) is 2.99. The highest BCUT2D eigenvalue weighted by molar-refractivity contribution is 5.67. The molecule has 15 heavy (non-hydrogen) atoms. The Morgan fingerprint density at radius 2 is 2.40 bits per heavy atom. The van der Waals surface area contributed by atoms with E-state index in [0.717, 1.165) is 17.8 Å². The Morgan fingerprint density at radius 3 is 3.13 bits per heavy atom. The van der Waals surface area contributed by atoms with E-state index in [9.17, 15) is 5.11 Å². The Balaban J connectivity index is 2.31. The summed E-state index contributed by atoms with van der Waals surface area (Å²) in [5.74, 6) is 0.569. The van der Waals surface area contributed by atoms with E-state index in [1.807, 2.05) is 18.2 Å². The van der Waals surface area contributed by atoms with Gasteiger partial charge in [0, 0.05) is 24.7 Å². The molecule has 0 amide bonds. The van der Waals surface area contributed by atoms with Gasteiger partial charge in [-0.25, -0.2) is 4.98 Å². The van der Waals surface area contributed by atoms with Crippen LogP contribution < -0.4 is 10.1 Å². The van der Waals surface area contributed by atoms with Crippen molar-refractivity contribution in [1.29, 1.82) is 0 Å². The van der Waals surface area contributed by atoms with Gasteiger partial charge in [-0.15, -0.1) is 0 Å². The minimum Gasteiger partial charge on any atom is -0.481 e. The smallest absolute Gasteiger partial charge is 0.213 e. The number of nitrogens with one attached hydrogen (secondary N) is 1. The van der Waals surface area contributed by atoms with Crippen molar-refractivity contribution in [1.82, 2.24) is 10.3 Å². The van der Waals surface area contributed by atoms with E-state index in [-0.39, 0.29) is 0 Å². The number of β-amino-alcohol motifs (C(OH)–C–C–N with tert-alkyl or cyclic N) is 1. The predicted molar refractivity (Wildman–Crippen MR) is 57.6 cm³/mol. The molecule has 0 fully saturated rings. The molecular formula is C11H14N2O2. The SMILES string of the molecule is COc1cccc(C2=CCNCC2O)n1. The lowest BCUT2D eigenvalue weighted by Gasteiger charge is -2.20. The van der Waals surface area contributed by atoms with Gasteiger partial charge in [0.05, 0.1) is 18.9 Å². The summed E-state index contributed by atoms with van der Waals surface area (Å²) in [5.41, 5.74) is 1.65. The van der Waals surface area contributed by atoms with E-state index in [0.29, 0.717) is 12.4 Å². The third-order valence-corrected chi connectivity index (χ3v) is 2.39. The average molecular weight is 206 g/mol. The number of nitrogens with zero attached hydrogens (tertiary/aromatic N) is 1. The highest BCUT2D eigenvalue weighted by Gasteiger charge is 2.17. The summed E-state index contributed by atoms with van der Waals surface area (Å²) in [6, 6.07) is 5.54. The molecule has 1 aliphatic rings. The standard InChI is InChI=1S/C11H14N2O2/c1-15-11-4-2-3-9(13-11)8-5-6-12-7-10(8)14/h2-5,10,12,14H,6-7H2,1H3. The van der Waals surface area contributed by atoms with Crippen LogP contribution in [0.2, 0.25) is 0 Å². The van der Waals surface area contributed by atoms with Crippen LogP contribution in [0.4, 0.5) is 0 Å². The lowest BCUT2D eigenvalue weighted by molar-refractivity contribution is 0.224. The van der Waals surface area contributed by atoms with Crippen LogP contribution >= 0.6 is 0 Å². The largest absolute Gasteiger partial charge is 0.481 e. The van der Waals surface area contributed by atoms with Crippen LogP contribution in [0.1, 0.15) is 5.69 Å². The Bertz CT molecular complexity index is 377. The van der Waals surface area contributed by atoms with E-state index >= 15 is 0 Å². The summed E-state index contributed by atoms with van der Waals surface area (Å²) in [6.45, 7) is 1.34. The fourth-order valence-electron chi connectivity index (χ4n) is 1.61. The van der Waals surface area contributed by atoms with Gasteiger partial charge in [0.15, 0.2) is 0 Å². The second-order valence-corrected chi connectivity index (χ2v) is 3.40. The first-order chi connectivity index (χ1) is 7.31. The molecular weight excluding hydrogens is 192 g/mol.